The van der Waals surface area contributed by atoms with Crippen molar-refractivity contribution in [3.63, 3.8) is 0 Å². The molecule has 96 valence electrons. The minimum Gasteiger partial charge on any atom is -0.293 e. The van der Waals surface area contributed by atoms with Crippen LogP contribution >= 0.6 is 11.8 Å². The number of carbonyl (C=O) groups is 1. The van der Waals surface area contributed by atoms with Gasteiger partial charge in [0.2, 0.25) is 0 Å². The summed E-state index contributed by atoms with van der Waals surface area (Å²) in [6.45, 7) is 6.19. The summed E-state index contributed by atoms with van der Waals surface area (Å²) in [5.41, 5.74) is 3.26. The van der Waals surface area contributed by atoms with E-state index in [1.807, 2.05) is 6.92 Å². The summed E-state index contributed by atoms with van der Waals surface area (Å²) < 4.78 is 12.5. The van der Waals surface area contributed by atoms with E-state index in [0.29, 0.717) is 5.56 Å². The number of carbonyl (C=O) groups excluding carboxylic acids is 1. The number of hydrogen-bond acceptors (Lipinski definition) is 2. The van der Waals surface area contributed by atoms with Gasteiger partial charge in [-0.05, 0) is 51.5 Å². The molecule has 3 heteroatoms. The molecule has 1 aliphatic rings. The van der Waals surface area contributed by atoms with Crippen molar-refractivity contribution in [3.05, 3.63) is 46.8 Å². The molecule has 0 amide bonds. The molecule has 0 saturated carbocycles. The summed E-state index contributed by atoms with van der Waals surface area (Å²) in [4.78, 5) is 12.5. The first-order chi connectivity index (χ1) is 8.42. The quantitative estimate of drug-likeness (QED) is 0.587. The molecule has 0 fully saturated rings. The normalized spacial score (nSPS) is 24.2. The number of thioether (sulfide) groups is 1. The molecule has 0 aliphatic carbocycles. The summed E-state index contributed by atoms with van der Waals surface area (Å²) in [6.07, 6.45) is 0.777. The molecule has 0 bridgehead atoms. The van der Waals surface area contributed by atoms with Crippen LogP contribution in [0.3, 0.4) is 0 Å². The second-order valence-electron chi connectivity index (χ2n) is 5.09. The molecule has 0 saturated heterocycles. The van der Waals surface area contributed by atoms with Gasteiger partial charge in [-0.15, -0.1) is 11.8 Å². The zero-order valence-corrected chi connectivity index (χ0v) is 11.7. The van der Waals surface area contributed by atoms with E-state index in [2.05, 4.69) is 13.8 Å². The minimum atomic E-state index is -0.415. The molecule has 1 aromatic carbocycles. The van der Waals surface area contributed by atoms with Crippen LogP contribution in [0, 0.1) is 5.82 Å². The Kier molecular flexibility index (Phi) is 3.62. The Hall–Kier alpha value is -1.09. The van der Waals surface area contributed by atoms with Gasteiger partial charge in [0.15, 0.2) is 5.78 Å². The van der Waals surface area contributed by atoms with E-state index in [0.717, 1.165) is 12.2 Å². The summed E-state index contributed by atoms with van der Waals surface area (Å²) >= 11 is 1.68. The first kappa shape index (κ1) is 13.3. The molecule has 2 rings (SSSR count). The Bertz CT molecular complexity index is 504. The number of allylic oxidation sites excluding steroid dienone is 1. The molecule has 0 spiro atoms. The van der Waals surface area contributed by atoms with Crippen molar-refractivity contribution < 1.29 is 9.18 Å². The largest absolute Gasteiger partial charge is 0.293 e. The van der Waals surface area contributed by atoms with Crippen LogP contribution in [0.4, 0.5) is 4.39 Å². The standard InChI is InChI=1S/C15H17FOS/c1-10-8-15(3,18-9-11(10)2)14(17)12-4-6-13(16)7-5-12/h4-7H,8-9H2,1-3H3. The summed E-state index contributed by atoms with van der Waals surface area (Å²) in [7, 11) is 0. The fraction of sp³-hybridized carbons (Fsp3) is 0.400. The van der Waals surface area contributed by atoms with E-state index in [-0.39, 0.29) is 11.6 Å². The SMILES string of the molecule is CC1=C(C)CC(C)(C(=O)c2ccc(F)cc2)SC1. The summed E-state index contributed by atoms with van der Waals surface area (Å²) in [5.74, 6) is 0.689. The van der Waals surface area contributed by atoms with E-state index >= 15 is 0 Å². The van der Waals surface area contributed by atoms with E-state index in [4.69, 9.17) is 0 Å². The molecule has 1 aliphatic heterocycles. The maximum Gasteiger partial charge on any atom is 0.178 e. The number of Topliss-reactive ketones (excluding diaryl/α,β-unsaturated/α-hetero) is 1. The Morgan fingerprint density at radius 3 is 2.39 bits per heavy atom. The average Bonchev–Trinajstić information content (AvgIpc) is 2.34. The van der Waals surface area contributed by atoms with Crippen LogP contribution in [0.15, 0.2) is 35.4 Å². The van der Waals surface area contributed by atoms with Gasteiger partial charge in [-0.2, -0.15) is 0 Å². The van der Waals surface area contributed by atoms with E-state index in [1.54, 1.807) is 23.9 Å². The molecular weight excluding hydrogens is 247 g/mol. The molecule has 1 nitrogen and oxygen atoms in total. The van der Waals surface area contributed by atoms with Crippen LogP contribution in [-0.4, -0.2) is 16.3 Å². The fourth-order valence-electron chi connectivity index (χ4n) is 2.15. The van der Waals surface area contributed by atoms with Gasteiger partial charge in [0.25, 0.3) is 0 Å². The van der Waals surface area contributed by atoms with Crippen molar-refractivity contribution in [1.29, 1.82) is 0 Å². The van der Waals surface area contributed by atoms with Gasteiger partial charge in [-0.25, -0.2) is 4.39 Å². The van der Waals surface area contributed by atoms with Crippen LogP contribution < -0.4 is 0 Å². The average molecular weight is 264 g/mol. The van der Waals surface area contributed by atoms with Crippen LogP contribution in [0.5, 0.6) is 0 Å². The Morgan fingerprint density at radius 2 is 1.83 bits per heavy atom. The minimum absolute atomic E-state index is 0.0966. The molecule has 1 atom stereocenters. The lowest BCUT2D eigenvalue weighted by Gasteiger charge is -2.33. The van der Waals surface area contributed by atoms with E-state index in [1.165, 1.54) is 23.3 Å². The van der Waals surface area contributed by atoms with Crippen LogP contribution in [0.1, 0.15) is 37.6 Å². The van der Waals surface area contributed by atoms with Crippen LogP contribution in [0.25, 0.3) is 0 Å². The zero-order chi connectivity index (χ0) is 13.3. The van der Waals surface area contributed by atoms with Gasteiger partial charge in [0.05, 0.1) is 4.75 Å². The molecule has 1 unspecified atom stereocenters. The van der Waals surface area contributed by atoms with Crippen LogP contribution in [0.2, 0.25) is 0 Å². The third-order valence-electron chi connectivity index (χ3n) is 3.53. The third-order valence-corrected chi connectivity index (χ3v) is 5.07. The van der Waals surface area contributed by atoms with Crippen molar-refractivity contribution >= 4 is 17.5 Å². The molecule has 18 heavy (non-hydrogen) atoms. The van der Waals surface area contributed by atoms with Gasteiger partial charge in [-0.3, -0.25) is 4.79 Å². The monoisotopic (exact) mass is 264 g/mol. The summed E-state index contributed by atoms with van der Waals surface area (Å²) in [5, 5.41) is 0. The fourth-order valence-corrected chi connectivity index (χ4v) is 3.50. The van der Waals surface area contributed by atoms with Gasteiger partial charge < -0.3 is 0 Å². The first-order valence-corrected chi connectivity index (χ1v) is 7.00. The molecule has 0 radical (unpaired) electrons. The molecule has 1 aromatic rings. The van der Waals surface area contributed by atoms with E-state index < -0.39 is 4.75 Å². The number of hydrogen-bond donors (Lipinski definition) is 0. The maximum atomic E-state index is 12.9. The third kappa shape index (κ3) is 2.51. The maximum absolute atomic E-state index is 12.9. The van der Waals surface area contributed by atoms with Crippen molar-refractivity contribution in [3.8, 4) is 0 Å². The first-order valence-electron chi connectivity index (χ1n) is 6.02. The van der Waals surface area contributed by atoms with Crippen molar-refractivity contribution in [1.82, 2.24) is 0 Å². The number of benzene rings is 1. The van der Waals surface area contributed by atoms with Crippen molar-refractivity contribution in [2.45, 2.75) is 31.9 Å². The zero-order valence-electron chi connectivity index (χ0n) is 10.9. The topological polar surface area (TPSA) is 17.1 Å². The number of ketones is 1. The van der Waals surface area contributed by atoms with Gasteiger partial charge in [-0.1, -0.05) is 11.1 Å². The van der Waals surface area contributed by atoms with Crippen molar-refractivity contribution in [2.75, 3.05) is 5.75 Å². The predicted molar refractivity (Wildman–Crippen MR) is 74.6 cm³/mol. The van der Waals surface area contributed by atoms with Crippen molar-refractivity contribution in [2.24, 2.45) is 0 Å². The Balaban J connectivity index is 2.26. The smallest absolute Gasteiger partial charge is 0.178 e. The number of halogens is 1. The number of rotatable bonds is 2. The van der Waals surface area contributed by atoms with Gasteiger partial charge >= 0.3 is 0 Å². The Morgan fingerprint density at radius 1 is 1.22 bits per heavy atom. The predicted octanol–water partition coefficient (Wildman–Crippen LogP) is 4.24. The van der Waals surface area contributed by atoms with E-state index in [9.17, 15) is 9.18 Å². The van der Waals surface area contributed by atoms with Gasteiger partial charge in [0.1, 0.15) is 5.82 Å². The highest BCUT2D eigenvalue weighted by Crippen LogP contribution is 2.41. The lowest BCUT2D eigenvalue weighted by molar-refractivity contribution is 0.0949. The second-order valence-corrected chi connectivity index (χ2v) is 6.57. The summed E-state index contributed by atoms with van der Waals surface area (Å²) in [6, 6.07) is 5.84. The molecule has 0 aromatic heterocycles. The Labute approximate surface area is 111 Å². The highest BCUT2D eigenvalue weighted by atomic mass is 32.2. The highest BCUT2D eigenvalue weighted by Gasteiger charge is 2.37. The highest BCUT2D eigenvalue weighted by molar-refractivity contribution is 8.01. The molecular formula is C15H17FOS. The molecule has 1 heterocycles. The van der Waals surface area contributed by atoms with Crippen LogP contribution in [-0.2, 0) is 0 Å². The lowest BCUT2D eigenvalue weighted by atomic mass is 9.90. The van der Waals surface area contributed by atoms with Gasteiger partial charge in [0, 0.05) is 11.3 Å². The second kappa shape index (κ2) is 4.88. The molecule has 0 N–H and O–H groups in total. The lowest BCUT2D eigenvalue weighted by Crippen LogP contribution is -2.35.